The van der Waals surface area contributed by atoms with Crippen LogP contribution in [0.5, 0.6) is 0 Å². The lowest BCUT2D eigenvalue weighted by molar-refractivity contribution is -0.171. The van der Waals surface area contributed by atoms with Gasteiger partial charge in [-0.25, -0.2) is 4.79 Å². The Labute approximate surface area is 122 Å². The number of rotatable bonds is 2. The van der Waals surface area contributed by atoms with Crippen LogP contribution in [0.15, 0.2) is 24.3 Å². The smallest absolute Gasteiger partial charge is 0.313 e. The van der Waals surface area contributed by atoms with E-state index < -0.39 is 17.9 Å². The first-order valence-electron chi connectivity index (χ1n) is 7.07. The van der Waals surface area contributed by atoms with Gasteiger partial charge in [0, 0.05) is 12.8 Å². The van der Waals surface area contributed by atoms with Crippen molar-refractivity contribution in [2.45, 2.75) is 38.1 Å². The summed E-state index contributed by atoms with van der Waals surface area (Å²) in [6, 6.07) is 7.78. The number of fused-ring (bicyclic) bond motifs is 1. The number of aryl methyl sites for hydroxylation is 1. The van der Waals surface area contributed by atoms with Gasteiger partial charge in [0.15, 0.2) is 0 Å². The summed E-state index contributed by atoms with van der Waals surface area (Å²) in [5.74, 6) is -0.946. The molecule has 3 rings (SSSR count). The molecule has 1 fully saturated rings. The lowest BCUT2D eigenvalue weighted by Gasteiger charge is -2.26. The van der Waals surface area contributed by atoms with Gasteiger partial charge in [-0.3, -0.25) is 9.59 Å². The minimum atomic E-state index is -0.764. The third kappa shape index (κ3) is 2.74. The highest BCUT2D eigenvalue weighted by Gasteiger charge is 2.33. The molecule has 110 valence electrons. The topological polar surface area (TPSA) is 75.7 Å². The van der Waals surface area contributed by atoms with Crippen molar-refractivity contribution < 1.29 is 19.2 Å². The molecule has 0 aromatic heterocycles. The van der Waals surface area contributed by atoms with Crippen LogP contribution in [-0.4, -0.2) is 23.0 Å². The summed E-state index contributed by atoms with van der Waals surface area (Å²) in [6.45, 7) is 0. The van der Waals surface area contributed by atoms with Crippen molar-refractivity contribution in [1.82, 2.24) is 10.4 Å². The van der Waals surface area contributed by atoms with Crippen LogP contribution in [0, 0.1) is 0 Å². The number of nitrogens with one attached hydrogen (secondary N) is 1. The van der Waals surface area contributed by atoms with Gasteiger partial charge in [-0.1, -0.05) is 24.3 Å². The van der Waals surface area contributed by atoms with E-state index in [1.165, 1.54) is 5.56 Å². The van der Waals surface area contributed by atoms with E-state index in [1.54, 1.807) is 0 Å². The van der Waals surface area contributed by atoms with E-state index in [-0.39, 0.29) is 18.9 Å². The van der Waals surface area contributed by atoms with Crippen LogP contribution in [0.2, 0.25) is 0 Å². The van der Waals surface area contributed by atoms with Gasteiger partial charge >= 0.3 is 6.09 Å². The molecular formula is C15H16N2O4. The Balaban J connectivity index is 1.66. The molecule has 0 spiro atoms. The number of amides is 3. The van der Waals surface area contributed by atoms with Gasteiger partial charge in [0.25, 0.3) is 11.8 Å². The molecule has 1 N–H and O–H groups in total. The molecule has 1 saturated heterocycles. The predicted molar refractivity (Wildman–Crippen MR) is 72.8 cm³/mol. The minimum Gasteiger partial charge on any atom is -0.313 e. The Hall–Kier alpha value is -2.37. The lowest BCUT2D eigenvalue weighted by atomic mass is 9.88. The van der Waals surface area contributed by atoms with Crippen LogP contribution in [0.3, 0.4) is 0 Å². The highest BCUT2D eigenvalue weighted by Crippen LogP contribution is 2.29. The Bertz CT molecular complexity index is 583. The van der Waals surface area contributed by atoms with Gasteiger partial charge < -0.3 is 10.2 Å². The summed E-state index contributed by atoms with van der Waals surface area (Å²) in [4.78, 5) is 39.5. The molecule has 1 aromatic rings. The number of imide groups is 1. The Morgan fingerprint density at radius 3 is 2.62 bits per heavy atom. The standard InChI is InChI=1S/C15H16N2O4/c18-13-8-9-14(19)17(13)21-15(20)16-12-7-3-5-10-4-1-2-6-11(10)12/h1-2,4,6,12H,3,5,7-9H2,(H,16,20)/t12-/m0/s1. The third-order valence-electron chi connectivity index (χ3n) is 3.84. The predicted octanol–water partition coefficient (Wildman–Crippen LogP) is 1.85. The van der Waals surface area contributed by atoms with Crippen molar-refractivity contribution in [2.75, 3.05) is 0 Å². The molecule has 1 atom stereocenters. The van der Waals surface area contributed by atoms with Crippen LogP contribution in [-0.2, 0) is 20.8 Å². The molecular weight excluding hydrogens is 272 g/mol. The average Bonchev–Trinajstić information content (AvgIpc) is 2.79. The molecule has 1 aromatic carbocycles. The zero-order valence-corrected chi connectivity index (χ0v) is 11.5. The maximum absolute atomic E-state index is 11.9. The van der Waals surface area contributed by atoms with E-state index in [0.29, 0.717) is 5.06 Å². The number of benzene rings is 1. The highest BCUT2D eigenvalue weighted by atomic mass is 16.7. The fraction of sp³-hybridized carbons (Fsp3) is 0.400. The van der Waals surface area contributed by atoms with Crippen LogP contribution in [0.4, 0.5) is 4.79 Å². The number of hydroxylamine groups is 2. The molecule has 0 radical (unpaired) electrons. The summed E-state index contributed by atoms with van der Waals surface area (Å²) in [7, 11) is 0. The van der Waals surface area contributed by atoms with Gasteiger partial charge in [-0.05, 0) is 30.4 Å². The van der Waals surface area contributed by atoms with E-state index in [2.05, 4.69) is 5.32 Å². The van der Waals surface area contributed by atoms with Crippen molar-refractivity contribution in [3.63, 3.8) is 0 Å². The number of carbonyl (C=O) groups excluding carboxylic acids is 3. The van der Waals surface area contributed by atoms with Crippen LogP contribution >= 0.6 is 0 Å². The summed E-state index contributed by atoms with van der Waals surface area (Å²) in [5, 5.41) is 3.30. The Morgan fingerprint density at radius 2 is 1.86 bits per heavy atom. The number of hydrogen-bond donors (Lipinski definition) is 1. The van der Waals surface area contributed by atoms with Gasteiger partial charge in [0.2, 0.25) is 0 Å². The molecule has 1 aliphatic carbocycles. The minimum absolute atomic E-state index is 0.0956. The fourth-order valence-corrected chi connectivity index (χ4v) is 2.81. The zero-order chi connectivity index (χ0) is 14.8. The summed E-state index contributed by atoms with van der Waals surface area (Å²) < 4.78 is 0. The molecule has 1 heterocycles. The van der Waals surface area contributed by atoms with Crippen molar-refractivity contribution >= 4 is 17.9 Å². The van der Waals surface area contributed by atoms with Gasteiger partial charge in [-0.15, -0.1) is 5.06 Å². The van der Waals surface area contributed by atoms with Crippen molar-refractivity contribution in [1.29, 1.82) is 0 Å². The maximum Gasteiger partial charge on any atom is 0.432 e. The number of carbonyl (C=O) groups is 3. The third-order valence-corrected chi connectivity index (χ3v) is 3.84. The number of hydrogen-bond acceptors (Lipinski definition) is 4. The quantitative estimate of drug-likeness (QED) is 0.843. The van der Waals surface area contributed by atoms with E-state index in [1.807, 2.05) is 24.3 Å². The van der Waals surface area contributed by atoms with Gasteiger partial charge in [0.05, 0.1) is 6.04 Å². The normalized spacial score (nSPS) is 21.1. The summed E-state index contributed by atoms with van der Waals surface area (Å²) in [6.07, 6.45) is 2.21. The molecule has 6 nitrogen and oxygen atoms in total. The van der Waals surface area contributed by atoms with E-state index in [0.717, 1.165) is 24.8 Å². The molecule has 3 amide bonds. The molecule has 0 saturated carbocycles. The van der Waals surface area contributed by atoms with E-state index in [4.69, 9.17) is 4.84 Å². The monoisotopic (exact) mass is 288 g/mol. The van der Waals surface area contributed by atoms with Crippen molar-refractivity contribution in [3.05, 3.63) is 35.4 Å². The molecule has 2 aliphatic rings. The Kier molecular flexibility index (Phi) is 3.60. The highest BCUT2D eigenvalue weighted by molar-refractivity contribution is 6.01. The molecule has 21 heavy (non-hydrogen) atoms. The second-order valence-electron chi connectivity index (χ2n) is 5.25. The second kappa shape index (κ2) is 5.55. The van der Waals surface area contributed by atoms with Gasteiger partial charge in [0.1, 0.15) is 0 Å². The van der Waals surface area contributed by atoms with Crippen LogP contribution < -0.4 is 5.32 Å². The van der Waals surface area contributed by atoms with Gasteiger partial charge in [-0.2, -0.15) is 0 Å². The average molecular weight is 288 g/mol. The molecule has 0 bridgehead atoms. The van der Waals surface area contributed by atoms with Crippen molar-refractivity contribution in [3.8, 4) is 0 Å². The first kappa shape index (κ1) is 13.6. The van der Waals surface area contributed by atoms with Crippen molar-refractivity contribution in [2.24, 2.45) is 0 Å². The second-order valence-corrected chi connectivity index (χ2v) is 5.25. The largest absolute Gasteiger partial charge is 0.432 e. The summed E-state index contributed by atoms with van der Waals surface area (Å²) in [5.41, 5.74) is 2.28. The van der Waals surface area contributed by atoms with E-state index in [9.17, 15) is 14.4 Å². The summed E-state index contributed by atoms with van der Waals surface area (Å²) >= 11 is 0. The molecule has 0 unspecified atom stereocenters. The van der Waals surface area contributed by atoms with Crippen LogP contribution in [0.25, 0.3) is 0 Å². The zero-order valence-electron chi connectivity index (χ0n) is 11.5. The number of nitrogens with zero attached hydrogens (tertiary/aromatic N) is 1. The fourth-order valence-electron chi connectivity index (χ4n) is 2.81. The first-order chi connectivity index (χ1) is 10.1. The van der Waals surface area contributed by atoms with E-state index >= 15 is 0 Å². The lowest BCUT2D eigenvalue weighted by Crippen LogP contribution is -2.39. The van der Waals surface area contributed by atoms with Crippen LogP contribution in [0.1, 0.15) is 42.9 Å². The molecule has 1 aliphatic heterocycles. The maximum atomic E-state index is 11.9. The first-order valence-corrected chi connectivity index (χ1v) is 7.07. The SMILES string of the molecule is O=C(N[C@H]1CCCc2ccccc21)ON1C(=O)CCC1=O. The molecule has 6 heteroatoms. The Morgan fingerprint density at radius 1 is 1.14 bits per heavy atom.